The molecule has 0 amide bonds. The molecule has 2 atom stereocenters. The van der Waals surface area contributed by atoms with E-state index in [1.807, 2.05) is 12.1 Å². The summed E-state index contributed by atoms with van der Waals surface area (Å²) in [6.07, 6.45) is 0.477. The minimum Gasteiger partial charge on any atom is -0.389 e. The number of hydrogen-bond donors (Lipinski definition) is 1. The number of nitrogens with zero attached hydrogens (tertiary/aromatic N) is 1. The Morgan fingerprint density at radius 2 is 1.71 bits per heavy atom. The quantitative estimate of drug-likeness (QED) is 0.865. The second-order valence-corrected chi connectivity index (χ2v) is 6.14. The summed E-state index contributed by atoms with van der Waals surface area (Å²) in [5.41, 5.74) is 8.02. The van der Waals surface area contributed by atoms with E-state index in [1.54, 1.807) is 0 Å². The third-order valence-corrected chi connectivity index (χ3v) is 4.15. The van der Waals surface area contributed by atoms with Gasteiger partial charge >= 0.3 is 0 Å². The lowest BCUT2D eigenvalue weighted by atomic mass is 10.0. The van der Waals surface area contributed by atoms with Crippen LogP contribution in [0.15, 0.2) is 36.4 Å². The fraction of sp³-hybridized carbons (Fsp3) is 0.353. The van der Waals surface area contributed by atoms with Crippen LogP contribution in [0.3, 0.4) is 0 Å². The van der Waals surface area contributed by atoms with E-state index in [0.717, 1.165) is 24.0 Å². The molecule has 0 aliphatic carbocycles. The van der Waals surface area contributed by atoms with Gasteiger partial charge in [0.05, 0.1) is 12.2 Å². The van der Waals surface area contributed by atoms with Crippen LogP contribution in [0.2, 0.25) is 0 Å². The maximum atomic E-state index is 5.85. The van der Waals surface area contributed by atoms with Gasteiger partial charge in [-0.25, -0.2) is 0 Å². The van der Waals surface area contributed by atoms with Crippen molar-refractivity contribution >= 4 is 33.7 Å². The summed E-state index contributed by atoms with van der Waals surface area (Å²) in [5.74, 6) is 0. The van der Waals surface area contributed by atoms with Crippen LogP contribution in [0.1, 0.15) is 19.4 Å². The molecule has 4 heteroatoms. The van der Waals surface area contributed by atoms with Gasteiger partial charge in [-0.3, -0.25) is 0 Å². The largest absolute Gasteiger partial charge is 0.389 e. The van der Waals surface area contributed by atoms with Crippen LogP contribution in [0.25, 0.3) is 10.8 Å². The van der Waals surface area contributed by atoms with Crippen molar-refractivity contribution in [2.24, 2.45) is 5.73 Å². The lowest BCUT2D eigenvalue weighted by Gasteiger charge is -2.37. The van der Waals surface area contributed by atoms with Gasteiger partial charge in [-0.1, -0.05) is 36.5 Å². The second kappa shape index (κ2) is 5.62. The summed E-state index contributed by atoms with van der Waals surface area (Å²) in [5, 5.41) is 2.32. The van der Waals surface area contributed by atoms with Crippen molar-refractivity contribution in [1.82, 2.24) is 0 Å². The average molecular weight is 300 g/mol. The van der Waals surface area contributed by atoms with Crippen molar-refractivity contribution in [1.29, 1.82) is 0 Å². The summed E-state index contributed by atoms with van der Waals surface area (Å²) < 4.78 is 5.83. The summed E-state index contributed by atoms with van der Waals surface area (Å²) in [6, 6.07) is 12.5. The summed E-state index contributed by atoms with van der Waals surface area (Å²) in [7, 11) is 0. The van der Waals surface area contributed by atoms with E-state index in [2.05, 4.69) is 43.0 Å². The van der Waals surface area contributed by atoms with Crippen LogP contribution in [0.5, 0.6) is 0 Å². The van der Waals surface area contributed by atoms with Crippen LogP contribution in [-0.2, 0) is 4.74 Å². The number of morpholine rings is 1. The molecule has 110 valence electrons. The van der Waals surface area contributed by atoms with Gasteiger partial charge < -0.3 is 15.4 Å². The Bertz CT molecular complexity index is 676. The number of rotatable bonds is 2. The predicted molar refractivity (Wildman–Crippen MR) is 92.1 cm³/mol. The van der Waals surface area contributed by atoms with Gasteiger partial charge in [-0.2, -0.15) is 0 Å². The first kappa shape index (κ1) is 14.3. The molecule has 0 bridgehead atoms. The first-order valence-electron chi connectivity index (χ1n) is 7.28. The number of hydrogen-bond acceptors (Lipinski definition) is 3. The lowest BCUT2D eigenvalue weighted by molar-refractivity contribution is -0.00513. The molecule has 21 heavy (non-hydrogen) atoms. The van der Waals surface area contributed by atoms with E-state index in [4.69, 9.17) is 22.7 Å². The van der Waals surface area contributed by atoms with E-state index in [-0.39, 0.29) is 12.2 Å². The molecule has 1 fully saturated rings. The summed E-state index contributed by atoms with van der Waals surface area (Å²) in [4.78, 5) is 2.84. The van der Waals surface area contributed by atoms with Gasteiger partial charge in [0.15, 0.2) is 0 Å². The first-order valence-corrected chi connectivity index (χ1v) is 7.69. The van der Waals surface area contributed by atoms with Crippen molar-refractivity contribution in [3.8, 4) is 0 Å². The molecule has 0 aromatic heterocycles. The van der Waals surface area contributed by atoms with Crippen LogP contribution >= 0.6 is 12.2 Å². The number of thiocarbonyl (C=S) groups is 1. The summed E-state index contributed by atoms with van der Waals surface area (Å²) in [6.45, 7) is 6.05. The number of nitrogens with two attached hydrogens (primary N) is 1. The van der Waals surface area contributed by atoms with Crippen molar-refractivity contribution < 1.29 is 4.74 Å². The van der Waals surface area contributed by atoms with Gasteiger partial charge in [0, 0.05) is 29.7 Å². The highest BCUT2D eigenvalue weighted by Gasteiger charge is 2.23. The Morgan fingerprint density at radius 3 is 2.33 bits per heavy atom. The first-order chi connectivity index (χ1) is 10.1. The normalized spacial score (nSPS) is 22.5. The Kier molecular flexibility index (Phi) is 3.83. The van der Waals surface area contributed by atoms with Crippen molar-refractivity contribution in [3.05, 3.63) is 42.0 Å². The van der Waals surface area contributed by atoms with E-state index in [0.29, 0.717) is 4.99 Å². The maximum absolute atomic E-state index is 5.85. The van der Waals surface area contributed by atoms with Gasteiger partial charge in [0.2, 0.25) is 0 Å². The number of ether oxygens (including phenoxy) is 1. The average Bonchev–Trinajstić information content (AvgIpc) is 2.44. The minimum absolute atomic E-state index is 0.239. The highest BCUT2D eigenvalue weighted by molar-refractivity contribution is 7.80. The van der Waals surface area contributed by atoms with Gasteiger partial charge in [-0.15, -0.1) is 0 Å². The molecule has 1 aliphatic rings. The predicted octanol–water partition coefficient (Wildman–Crippen LogP) is 3.09. The molecule has 1 heterocycles. The molecule has 0 saturated carbocycles. The van der Waals surface area contributed by atoms with Crippen LogP contribution in [-0.4, -0.2) is 30.3 Å². The zero-order valence-corrected chi connectivity index (χ0v) is 13.2. The summed E-state index contributed by atoms with van der Waals surface area (Å²) >= 11 is 5.17. The standard InChI is InChI=1S/C17H20N2OS/c1-11-9-19(10-12(2)20-11)16-8-7-15(17(18)21)13-5-3-4-6-14(13)16/h3-8,11-12H,9-10H2,1-2H3,(H2,18,21). The number of benzene rings is 2. The smallest absolute Gasteiger partial charge is 0.104 e. The molecule has 1 saturated heterocycles. The van der Waals surface area contributed by atoms with Crippen LogP contribution < -0.4 is 10.6 Å². The van der Waals surface area contributed by atoms with Crippen molar-refractivity contribution in [2.45, 2.75) is 26.1 Å². The molecule has 3 nitrogen and oxygen atoms in total. The SMILES string of the molecule is CC1CN(c2ccc(C(N)=S)c3ccccc23)CC(C)O1. The van der Waals surface area contributed by atoms with Crippen molar-refractivity contribution in [3.63, 3.8) is 0 Å². The van der Waals surface area contributed by atoms with Crippen molar-refractivity contribution in [2.75, 3.05) is 18.0 Å². The number of anilines is 1. The molecule has 2 N–H and O–H groups in total. The van der Waals surface area contributed by atoms with Gasteiger partial charge in [0.1, 0.15) is 4.99 Å². The van der Waals surface area contributed by atoms with Gasteiger partial charge in [0.25, 0.3) is 0 Å². The fourth-order valence-electron chi connectivity index (χ4n) is 3.15. The zero-order chi connectivity index (χ0) is 15.0. The molecule has 2 unspecified atom stereocenters. The molecular formula is C17H20N2OS. The van der Waals surface area contributed by atoms with Crippen LogP contribution in [0.4, 0.5) is 5.69 Å². The Hall–Kier alpha value is -1.65. The maximum Gasteiger partial charge on any atom is 0.104 e. The third-order valence-electron chi connectivity index (χ3n) is 3.93. The molecule has 0 spiro atoms. The monoisotopic (exact) mass is 300 g/mol. The zero-order valence-electron chi connectivity index (χ0n) is 12.4. The highest BCUT2D eigenvalue weighted by atomic mass is 32.1. The van der Waals surface area contributed by atoms with E-state index in [1.165, 1.54) is 11.1 Å². The molecule has 3 rings (SSSR count). The van der Waals surface area contributed by atoms with E-state index >= 15 is 0 Å². The number of fused-ring (bicyclic) bond motifs is 1. The molecular weight excluding hydrogens is 280 g/mol. The molecule has 0 radical (unpaired) electrons. The lowest BCUT2D eigenvalue weighted by Crippen LogP contribution is -2.45. The Morgan fingerprint density at radius 1 is 1.10 bits per heavy atom. The third kappa shape index (κ3) is 2.74. The van der Waals surface area contributed by atoms with E-state index < -0.39 is 0 Å². The Balaban J connectivity index is 2.11. The highest BCUT2D eigenvalue weighted by Crippen LogP contribution is 2.31. The minimum atomic E-state index is 0.239. The topological polar surface area (TPSA) is 38.5 Å². The van der Waals surface area contributed by atoms with Crippen LogP contribution in [0, 0.1) is 0 Å². The van der Waals surface area contributed by atoms with E-state index in [9.17, 15) is 0 Å². The molecule has 2 aromatic rings. The van der Waals surface area contributed by atoms with Gasteiger partial charge in [-0.05, 0) is 31.4 Å². The fourth-order valence-corrected chi connectivity index (χ4v) is 3.33. The molecule has 2 aromatic carbocycles. The Labute approximate surface area is 130 Å². The molecule has 1 aliphatic heterocycles. The second-order valence-electron chi connectivity index (χ2n) is 5.70.